The van der Waals surface area contributed by atoms with E-state index in [1.807, 2.05) is 54.3 Å². The number of piperazine rings is 1. The van der Waals surface area contributed by atoms with Crippen LogP contribution in [0.4, 0.5) is 0 Å². The fourth-order valence-electron chi connectivity index (χ4n) is 4.49. The molecule has 0 spiro atoms. The summed E-state index contributed by atoms with van der Waals surface area (Å²) in [5.41, 5.74) is 3.94. The summed E-state index contributed by atoms with van der Waals surface area (Å²) < 4.78 is 18.3. The van der Waals surface area contributed by atoms with Crippen LogP contribution in [0.15, 0.2) is 54.6 Å². The Morgan fingerprint density at radius 2 is 1.73 bits per heavy atom. The van der Waals surface area contributed by atoms with Gasteiger partial charge in [0.1, 0.15) is 11.4 Å². The van der Waals surface area contributed by atoms with Crippen molar-refractivity contribution in [1.29, 1.82) is 0 Å². The smallest absolute Gasteiger partial charge is 0.337 e. The summed E-state index contributed by atoms with van der Waals surface area (Å²) in [6.45, 7) is 5.75. The van der Waals surface area contributed by atoms with Gasteiger partial charge < -0.3 is 19.1 Å². The Morgan fingerprint density at radius 1 is 1.00 bits per heavy atom. The molecule has 2 aromatic carbocycles. The Hall–Kier alpha value is -3.69. The first-order valence-electron chi connectivity index (χ1n) is 12.3. The van der Waals surface area contributed by atoms with Crippen LogP contribution >= 0.6 is 0 Å². The highest BCUT2D eigenvalue weighted by atomic mass is 16.5. The Bertz CT molecular complexity index is 1220. The average Bonchev–Trinajstić information content (AvgIpc) is 3.28. The monoisotopic (exact) mass is 506 g/mol. The highest BCUT2D eigenvalue weighted by Crippen LogP contribution is 2.25. The third-order valence-electron chi connectivity index (χ3n) is 6.60. The summed E-state index contributed by atoms with van der Waals surface area (Å²) in [5.74, 6) is 0.423. The van der Waals surface area contributed by atoms with Gasteiger partial charge in [-0.2, -0.15) is 5.10 Å². The van der Waals surface area contributed by atoms with Gasteiger partial charge in [0.15, 0.2) is 0 Å². The molecular formula is C28H34N4O5. The van der Waals surface area contributed by atoms with E-state index < -0.39 is 0 Å². The lowest BCUT2D eigenvalue weighted by atomic mass is 10.1. The van der Waals surface area contributed by atoms with Gasteiger partial charge in [0.05, 0.1) is 38.2 Å². The molecule has 1 atom stereocenters. The third-order valence-corrected chi connectivity index (χ3v) is 6.60. The minimum Gasteiger partial charge on any atom is -0.497 e. The van der Waals surface area contributed by atoms with E-state index in [1.165, 1.54) is 7.11 Å². The van der Waals surface area contributed by atoms with Crippen molar-refractivity contribution >= 4 is 11.9 Å². The highest BCUT2D eigenvalue weighted by Gasteiger charge is 2.26. The van der Waals surface area contributed by atoms with Gasteiger partial charge in [0.2, 0.25) is 0 Å². The number of methoxy groups -OCH3 is 2. The number of esters is 1. The quantitative estimate of drug-likeness (QED) is 0.412. The third kappa shape index (κ3) is 6.55. The number of hydrogen-bond donors (Lipinski definition) is 0. The van der Waals surface area contributed by atoms with Crippen LogP contribution in [0, 0.1) is 6.92 Å². The number of nitrogens with zero attached hydrogens (tertiary/aromatic N) is 4. The van der Waals surface area contributed by atoms with Crippen molar-refractivity contribution in [2.45, 2.75) is 19.6 Å². The zero-order chi connectivity index (χ0) is 26.4. The summed E-state index contributed by atoms with van der Waals surface area (Å²) >= 11 is 0. The molecule has 0 radical (unpaired) electrons. The van der Waals surface area contributed by atoms with E-state index in [9.17, 15) is 9.59 Å². The molecule has 0 bridgehead atoms. The van der Waals surface area contributed by atoms with E-state index in [0.717, 1.165) is 35.7 Å². The Labute approximate surface area is 217 Å². The lowest BCUT2D eigenvalue weighted by Crippen LogP contribution is -2.50. The maximum absolute atomic E-state index is 13.0. The zero-order valence-corrected chi connectivity index (χ0v) is 21.8. The standard InChI is InChI=1S/C28H34N4O5/c1-20-16-25(30(2)29-20)27(33)32-14-12-31(13-15-32)18-26(23-6-5-7-24(17-23)35-3)37-19-21-8-10-22(11-9-21)28(34)36-4/h5-11,16-17,26H,12-15,18-19H2,1-4H3/t26-/m1/s1. The van der Waals surface area contributed by atoms with Gasteiger partial charge >= 0.3 is 5.97 Å². The normalized spacial score (nSPS) is 14.9. The molecule has 3 aromatic rings. The molecule has 1 saturated heterocycles. The molecule has 1 fully saturated rings. The number of carbonyl (C=O) groups excluding carboxylic acids is 2. The minimum absolute atomic E-state index is 0.0127. The number of aromatic nitrogens is 2. The summed E-state index contributed by atoms with van der Waals surface area (Å²) in [6.07, 6.45) is -0.197. The second kappa shape index (κ2) is 12.0. The molecule has 196 valence electrons. The number of hydrogen-bond acceptors (Lipinski definition) is 7. The predicted octanol–water partition coefficient (Wildman–Crippen LogP) is 3.24. The topological polar surface area (TPSA) is 86.1 Å². The van der Waals surface area contributed by atoms with Gasteiger partial charge in [-0.15, -0.1) is 0 Å². The van der Waals surface area contributed by atoms with Crippen LogP contribution in [0.25, 0.3) is 0 Å². The van der Waals surface area contributed by atoms with Gasteiger partial charge in [0, 0.05) is 39.8 Å². The summed E-state index contributed by atoms with van der Waals surface area (Å²) in [4.78, 5) is 28.9. The Balaban J connectivity index is 1.41. The number of aryl methyl sites for hydroxylation is 2. The molecule has 1 aromatic heterocycles. The molecule has 1 aliphatic rings. The van der Waals surface area contributed by atoms with Crippen molar-refractivity contribution in [2.24, 2.45) is 7.05 Å². The van der Waals surface area contributed by atoms with Crippen molar-refractivity contribution in [1.82, 2.24) is 19.6 Å². The van der Waals surface area contributed by atoms with Crippen molar-refractivity contribution in [3.8, 4) is 5.75 Å². The van der Waals surface area contributed by atoms with Crippen molar-refractivity contribution in [3.63, 3.8) is 0 Å². The van der Waals surface area contributed by atoms with Crippen LogP contribution in [0.1, 0.15) is 43.8 Å². The highest BCUT2D eigenvalue weighted by molar-refractivity contribution is 5.92. The van der Waals surface area contributed by atoms with Crippen molar-refractivity contribution < 1.29 is 23.8 Å². The van der Waals surface area contributed by atoms with E-state index in [4.69, 9.17) is 14.2 Å². The number of rotatable bonds is 9. The van der Waals surface area contributed by atoms with Gasteiger partial charge in [-0.3, -0.25) is 14.4 Å². The average molecular weight is 507 g/mol. The van der Waals surface area contributed by atoms with Crippen LogP contribution in [0.5, 0.6) is 5.75 Å². The van der Waals surface area contributed by atoms with Gasteiger partial charge in [0.25, 0.3) is 5.91 Å². The van der Waals surface area contributed by atoms with Gasteiger partial charge in [-0.1, -0.05) is 24.3 Å². The lowest BCUT2D eigenvalue weighted by Gasteiger charge is -2.36. The largest absolute Gasteiger partial charge is 0.497 e. The van der Waals surface area contributed by atoms with E-state index in [0.29, 0.717) is 37.5 Å². The molecule has 0 aliphatic carbocycles. The van der Waals surface area contributed by atoms with Crippen LogP contribution in [0.3, 0.4) is 0 Å². The first kappa shape index (κ1) is 26.4. The van der Waals surface area contributed by atoms with E-state index in [-0.39, 0.29) is 18.0 Å². The Kier molecular flexibility index (Phi) is 8.58. The second-order valence-electron chi connectivity index (χ2n) is 9.15. The van der Waals surface area contributed by atoms with Crippen LogP contribution < -0.4 is 4.74 Å². The predicted molar refractivity (Wildman–Crippen MR) is 139 cm³/mol. The molecule has 4 rings (SSSR count). The fraction of sp³-hybridized carbons (Fsp3) is 0.393. The molecule has 9 heteroatoms. The van der Waals surface area contributed by atoms with Crippen LogP contribution in [0.2, 0.25) is 0 Å². The molecule has 1 aliphatic heterocycles. The minimum atomic E-state index is -0.363. The maximum Gasteiger partial charge on any atom is 0.337 e. The summed E-state index contributed by atoms with van der Waals surface area (Å²) in [6, 6.07) is 17.0. The van der Waals surface area contributed by atoms with Crippen molar-refractivity contribution in [3.05, 3.63) is 82.7 Å². The van der Waals surface area contributed by atoms with Gasteiger partial charge in [-0.25, -0.2) is 4.79 Å². The van der Waals surface area contributed by atoms with Gasteiger partial charge in [-0.05, 0) is 48.4 Å². The number of carbonyl (C=O) groups is 2. The van der Waals surface area contributed by atoms with Crippen LogP contribution in [-0.2, 0) is 23.1 Å². The molecular weight excluding hydrogens is 472 g/mol. The van der Waals surface area contributed by atoms with Crippen LogP contribution in [-0.4, -0.2) is 78.4 Å². The molecule has 0 saturated carbocycles. The summed E-state index contributed by atoms with van der Waals surface area (Å²) in [5, 5.41) is 4.30. The first-order chi connectivity index (χ1) is 17.9. The maximum atomic E-state index is 13.0. The molecule has 1 amide bonds. The molecule has 2 heterocycles. The summed E-state index contributed by atoms with van der Waals surface area (Å²) in [7, 11) is 4.82. The number of benzene rings is 2. The Morgan fingerprint density at radius 3 is 2.35 bits per heavy atom. The molecule has 0 N–H and O–H groups in total. The number of amides is 1. The lowest BCUT2D eigenvalue weighted by molar-refractivity contribution is 0.00320. The molecule has 37 heavy (non-hydrogen) atoms. The molecule has 0 unspecified atom stereocenters. The van der Waals surface area contributed by atoms with E-state index in [2.05, 4.69) is 10.00 Å². The second-order valence-corrected chi connectivity index (χ2v) is 9.15. The number of ether oxygens (including phenoxy) is 3. The fourth-order valence-corrected chi connectivity index (χ4v) is 4.49. The SMILES string of the molecule is COC(=O)c1ccc(CO[C@H](CN2CCN(C(=O)c3cc(C)nn3C)CC2)c2cccc(OC)c2)cc1. The zero-order valence-electron chi connectivity index (χ0n) is 21.8. The van der Waals surface area contributed by atoms with Crippen molar-refractivity contribution in [2.75, 3.05) is 46.9 Å². The van der Waals surface area contributed by atoms with E-state index in [1.54, 1.807) is 31.0 Å². The molecule has 9 nitrogen and oxygen atoms in total. The van der Waals surface area contributed by atoms with E-state index >= 15 is 0 Å². The first-order valence-corrected chi connectivity index (χ1v) is 12.3.